The van der Waals surface area contributed by atoms with Gasteiger partial charge in [-0.05, 0) is 83.4 Å². The van der Waals surface area contributed by atoms with Gasteiger partial charge in [0.25, 0.3) is 0 Å². The molecule has 1 aromatic heterocycles. The minimum Gasteiger partial charge on any atom is -0.452 e. The molecule has 0 bridgehead atoms. The van der Waals surface area contributed by atoms with Crippen molar-refractivity contribution >= 4 is 31.9 Å². The highest BCUT2D eigenvalue weighted by Crippen LogP contribution is 2.26. The zero-order valence-electron chi connectivity index (χ0n) is 10.6. The lowest BCUT2D eigenvalue weighted by Gasteiger charge is -2.26. The Bertz CT molecular complexity index is 342. The third-order valence-electron chi connectivity index (χ3n) is 3.27. The van der Waals surface area contributed by atoms with Gasteiger partial charge in [0.15, 0.2) is 4.67 Å². The smallest absolute Gasteiger partial charge is 0.183 e. The van der Waals surface area contributed by atoms with E-state index in [-0.39, 0.29) is 0 Å². The van der Waals surface area contributed by atoms with Crippen LogP contribution in [0.3, 0.4) is 0 Å². The average molecular weight is 380 g/mol. The minimum atomic E-state index is 0.771. The minimum absolute atomic E-state index is 0.771. The summed E-state index contributed by atoms with van der Waals surface area (Å²) in [6, 6.07) is 2.00. The third-order valence-corrected chi connectivity index (χ3v) is 4.98. The van der Waals surface area contributed by atoms with Gasteiger partial charge in [-0.15, -0.1) is 0 Å². The fraction of sp³-hybridized carbons (Fsp3) is 0.692. The van der Waals surface area contributed by atoms with Gasteiger partial charge >= 0.3 is 0 Å². The molecule has 5 heteroatoms. The molecule has 0 spiro atoms. The van der Waals surface area contributed by atoms with E-state index in [0.717, 1.165) is 28.0 Å². The van der Waals surface area contributed by atoms with Crippen LogP contribution in [0.15, 0.2) is 19.6 Å². The van der Waals surface area contributed by atoms with Gasteiger partial charge in [-0.3, -0.25) is 0 Å². The molecule has 1 aliphatic heterocycles. The molecule has 0 amide bonds. The summed E-state index contributed by atoms with van der Waals surface area (Å²) in [7, 11) is 0. The Hall–Kier alpha value is 0.160. The normalized spacial score (nSPS) is 17.2. The number of hydrogen-bond acceptors (Lipinski definition) is 3. The molecule has 0 aromatic carbocycles. The first kappa shape index (κ1) is 14.6. The Kier molecular flexibility index (Phi) is 6.21. The van der Waals surface area contributed by atoms with Crippen LogP contribution in [0.5, 0.6) is 0 Å². The number of nitrogens with one attached hydrogen (secondary N) is 1. The van der Waals surface area contributed by atoms with E-state index in [0.29, 0.717) is 0 Å². The predicted octanol–water partition coefficient (Wildman–Crippen LogP) is 3.77. The molecule has 0 aliphatic carbocycles. The highest BCUT2D eigenvalue weighted by Gasteiger charge is 2.09. The van der Waals surface area contributed by atoms with E-state index in [1.807, 2.05) is 6.07 Å². The molecule has 2 heterocycles. The van der Waals surface area contributed by atoms with Crippen molar-refractivity contribution in [3.63, 3.8) is 0 Å². The number of rotatable bonds is 6. The van der Waals surface area contributed by atoms with Crippen molar-refractivity contribution in [3.8, 4) is 0 Å². The van der Waals surface area contributed by atoms with E-state index in [9.17, 15) is 0 Å². The van der Waals surface area contributed by atoms with Crippen molar-refractivity contribution < 1.29 is 4.42 Å². The Morgan fingerprint density at radius 3 is 2.67 bits per heavy atom. The highest BCUT2D eigenvalue weighted by atomic mass is 79.9. The Morgan fingerprint density at radius 1 is 1.22 bits per heavy atom. The van der Waals surface area contributed by atoms with Crippen molar-refractivity contribution in [2.75, 3.05) is 26.2 Å². The van der Waals surface area contributed by atoms with Gasteiger partial charge in [0.1, 0.15) is 5.76 Å². The molecule has 2 rings (SSSR count). The molecule has 0 atom stereocenters. The molecule has 0 unspecified atom stereocenters. The lowest BCUT2D eigenvalue weighted by atomic mass is 10.1. The lowest BCUT2D eigenvalue weighted by Crippen LogP contribution is -2.32. The van der Waals surface area contributed by atoms with Crippen LogP contribution in [0.25, 0.3) is 0 Å². The summed E-state index contributed by atoms with van der Waals surface area (Å²) in [5.41, 5.74) is 0. The lowest BCUT2D eigenvalue weighted by molar-refractivity contribution is 0.225. The standard InChI is InChI=1S/C13H20Br2N2O/c14-12-9-11(18-13(12)15)10-16-5-4-8-17-6-2-1-3-7-17/h9,16H,1-8,10H2. The summed E-state index contributed by atoms with van der Waals surface area (Å²) >= 11 is 6.76. The second-order valence-corrected chi connectivity index (χ2v) is 6.34. The van der Waals surface area contributed by atoms with E-state index in [4.69, 9.17) is 4.42 Å². The monoisotopic (exact) mass is 378 g/mol. The van der Waals surface area contributed by atoms with Gasteiger partial charge in [0.2, 0.25) is 0 Å². The largest absolute Gasteiger partial charge is 0.452 e. The zero-order chi connectivity index (χ0) is 12.8. The van der Waals surface area contributed by atoms with E-state index in [1.165, 1.54) is 45.3 Å². The first-order valence-electron chi connectivity index (χ1n) is 6.62. The van der Waals surface area contributed by atoms with Crippen LogP contribution in [0.4, 0.5) is 0 Å². The summed E-state index contributed by atoms with van der Waals surface area (Å²) in [4.78, 5) is 2.57. The molecule has 1 fully saturated rings. The van der Waals surface area contributed by atoms with Crippen LogP contribution in [-0.2, 0) is 6.54 Å². The Morgan fingerprint density at radius 2 is 2.00 bits per heavy atom. The fourth-order valence-electron chi connectivity index (χ4n) is 2.30. The van der Waals surface area contributed by atoms with Crippen LogP contribution < -0.4 is 5.32 Å². The van der Waals surface area contributed by atoms with Crippen LogP contribution in [0.2, 0.25) is 0 Å². The van der Waals surface area contributed by atoms with Crippen molar-refractivity contribution in [1.29, 1.82) is 0 Å². The SMILES string of the molecule is Brc1cc(CNCCCN2CCCCC2)oc1Br. The number of likely N-dealkylation sites (tertiary alicyclic amines) is 1. The highest BCUT2D eigenvalue weighted by molar-refractivity contribution is 9.13. The van der Waals surface area contributed by atoms with Crippen molar-refractivity contribution in [3.05, 3.63) is 21.0 Å². The summed E-state index contributed by atoms with van der Waals surface area (Å²) in [5, 5.41) is 3.42. The van der Waals surface area contributed by atoms with Crippen LogP contribution in [-0.4, -0.2) is 31.1 Å². The number of hydrogen-bond donors (Lipinski definition) is 1. The van der Waals surface area contributed by atoms with Crippen molar-refractivity contribution in [2.24, 2.45) is 0 Å². The molecule has 0 saturated carbocycles. The predicted molar refractivity (Wildman–Crippen MR) is 80.7 cm³/mol. The molecule has 1 aromatic rings. The second kappa shape index (κ2) is 7.68. The van der Waals surface area contributed by atoms with Crippen LogP contribution >= 0.6 is 31.9 Å². The topological polar surface area (TPSA) is 28.4 Å². The Labute approximate surface area is 126 Å². The fourth-order valence-corrected chi connectivity index (χ4v) is 2.96. The molecule has 1 N–H and O–H groups in total. The molecular weight excluding hydrogens is 360 g/mol. The van der Waals surface area contributed by atoms with Gasteiger partial charge in [-0.25, -0.2) is 0 Å². The molecule has 102 valence electrons. The summed E-state index contributed by atoms with van der Waals surface area (Å²) < 4.78 is 7.26. The van der Waals surface area contributed by atoms with Gasteiger partial charge in [-0.1, -0.05) is 6.42 Å². The Balaban J connectivity index is 1.55. The van der Waals surface area contributed by atoms with Crippen molar-refractivity contribution in [2.45, 2.75) is 32.2 Å². The summed E-state index contributed by atoms with van der Waals surface area (Å²) in [6.07, 6.45) is 5.38. The summed E-state index contributed by atoms with van der Waals surface area (Å²) in [6.45, 7) is 5.64. The van der Waals surface area contributed by atoms with Crippen LogP contribution in [0.1, 0.15) is 31.4 Å². The van der Waals surface area contributed by atoms with E-state index < -0.39 is 0 Å². The van der Waals surface area contributed by atoms with Gasteiger partial charge in [-0.2, -0.15) is 0 Å². The van der Waals surface area contributed by atoms with E-state index in [2.05, 4.69) is 42.1 Å². The van der Waals surface area contributed by atoms with Gasteiger partial charge < -0.3 is 14.6 Å². The first-order chi connectivity index (χ1) is 8.75. The maximum absolute atomic E-state index is 5.51. The maximum atomic E-state index is 5.51. The average Bonchev–Trinajstić information content (AvgIpc) is 2.70. The van der Waals surface area contributed by atoms with E-state index in [1.54, 1.807) is 0 Å². The quantitative estimate of drug-likeness (QED) is 0.762. The number of nitrogens with zero attached hydrogens (tertiary/aromatic N) is 1. The van der Waals surface area contributed by atoms with Gasteiger partial charge in [0, 0.05) is 0 Å². The molecule has 3 nitrogen and oxygen atoms in total. The summed E-state index contributed by atoms with van der Waals surface area (Å²) in [5.74, 6) is 0.965. The second-order valence-electron chi connectivity index (χ2n) is 4.77. The number of furan rings is 1. The molecule has 0 radical (unpaired) electrons. The molecular formula is C13H20Br2N2O. The number of piperidine rings is 1. The number of halogens is 2. The molecule has 18 heavy (non-hydrogen) atoms. The van der Waals surface area contributed by atoms with Gasteiger partial charge in [0.05, 0.1) is 11.0 Å². The van der Waals surface area contributed by atoms with E-state index >= 15 is 0 Å². The zero-order valence-corrected chi connectivity index (χ0v) is 13.7. The first-order valence-corrected chi connectivity index (χ1v) is 8.21. The maximum Gasteiger partial charge on any atom is 0.183 e. The van der Waals surface area contributed by atoms with Crippen LogP contribution in [0, 0.1) is 0 Å². The molecule has 1 saturated heterocycles. The van der Waals surface area contributed by atoms with Crippen molar-refractivity contribution in [1.82, 2.24) is 10.2 Å². The third kappa shape index (κ3) is 4.68. The molecule has 1 aliphatic rings.